The molecule has 2 aromatic heterocycles. The molecule has 0 saturated carbocycles. The van der Waals surface area contributed by atoms with Crippen molar-refractivity contribution in [2.75, 3.05) is 7.11 Å². The van der Waals surface area contributed by atoms with Crippen LogP contribution in [0.4, 0.5) is 0 Å². The number of nitrogens with zero attached hydrogens (tertiary/aromatic N) is 2. The van der Waals surface area contributed by atoms with E-state index in [-0.39, 0.29) is 18.0 Å². The van der Waals surface area contributed by atoms with Gasteiger partial charge in [0.15, 0.2) is 5.76 Å². The van der Waals surface area contributed by atoms with Gasteiger partial charge in [-0.05, 0) is 37.1 Å². The molecule has 2 bridgehead atoms. The lowest BCUT2D eigenvalue weighted by molar-refractivity contribution is -0.0500. The van der Waals surface area contributed by atoms with Crippen molar-refractivity contribution in [3.8, 4) is 5.88 Å². The second kappa shape index (κ2) is 5.63. The average molecular weight is 328 g/mol. The summed E-state index contributed by atoms with van der Waals surface area (Å²) in [5.74, 6) is 0.717. The molecule has 1 N–H and O–H groups in total. The molecule has 0 spiro atoms. The lowest BCUT2D eigenvalue weighted by Crippen LogP contribution is -2.52. The fraction of sp³-hybridized carbons (Fsp3) is 0.444. The fourth-order valence-corrected chi connectivity index (χ4v) is 4.21. The minimum absolute atomic E-state index is 0.00346. The molecule has 2 aromatic rings. The van der Waals surface area contributed by atoms with Crippen LogP contribution in [0.5, 0.6) is 5.88 Å². The SMILES string of the molecule is COc1ncccc1C1(O)C[C@H]2CC[C@H](C1)N2C(=O)c1ccco1. The summed E-state index contributed by atoms with van der Waals surface area (Å²) < 4.78 is 10.6. The summed E-state index contributed by atoms with van der Waals surface area (Å²) in [4.78, 5) is 18.8. The normalized spacial score (nSPS) is 28.8. The number of rotatable bonds is 3. The smallest absolute Gasteiger partial charge is 0.290 e. The molecule has 6 heteroatoms. The van der Waals surface area contributed by atoms with E-state index in [2.05, 4.69) is 4.98 Å². The molecular formula is C18H20N2O4. The summed E-state index contributed by atoms with van der Waals surface area (Å²) in [6.45, 7) is 0. The zero-order valence-corrected chi connectivity index (χ0v) is 13.5. The zero-order chi connectivity index (χ0) is 16.7. The highest BCUT2D eigenvalue weighted by molar-refractivity contribution is 5.92. The number of piperidine rings is 1. The third-order valence-corrected chi connectivity index (χ3v) is 5.20. The minimum atomic E-state index is -1.02. The molecule has 1 amide bonds. The Balaban J connectivity index is 1.63. The van der Waals surface area contributed by atoms with Gasteiger partial charge in [-0.15, -0.1) is 0 Å². The van der Waals surface area contributed by atoms with Gasteiger partial charge in [0.25, 0.3) is 5.91 Å². The lowest BCUT2D eigenvalue weighted by atomic mass is 9.80. The summed E-state index contributed by atoms with van der Waals surface area (Å²) in [6, 6.07) is 7.06. The Labute approximate surface area is 140 Å². The molecule has 2 aliphatic heterocycles. The maximum absolute atomic E-state index is 12.7. The number of hydrogen-bond acceptors (Lipinski definition) is 5. The van der Waals surface area contributed by atoms with Gasteiger partial charge in [-0.25, -0.2) is 4.98 Å². The van der Waals surface area contributed by atoms with Crippen molar-refractivity contribution >= 4 is 5.91 Å². The predicted octanol–water partition coefficient (Wildman–Crippen LogP) is 2.34. The predicted molar refractivity (Wildman–Crippen MR) is 85.6 cm³/mol. The third kappa shape index (κ3) is 2.29. The topological polar surface area (TPSA) is 75.8 Å². The summed E-state index contributed by atoms with van der Waals surface area (Å²) in [6.07, 6.45) is 5.91. The van der Waals surface area contributed by atoms with Crippen LogP contribution in [0.25, 0.3) is 0 Å². The van der Waals surface area contributed by atoms with Gasteiger partial charge < -0.3 is 19.2 Å². The Hall–Kier alpha value is -2.34. The van der Waals surface area contributed by atoms with E-state index < -0.39 is 5.60 Å². The lowest BCUT2D eigenvalue weighted by Gasteiger charge is -2.43. The van der Waals surface area contributed by atoms with E-state index >= 15 is 0 Å². The molecule has 2 saturated heterocycles. The molecular weight excluding hydrogens is 308 g/mol. The van der Waals surface area contributed by atoms with Gasteiger partial charge in [-0.3, -0.25) is 4.79 Å². The quantitative estimate of drug-likeness (QED) is 0.936. The standard InChI is InChI=1S/C18H20N2O4/c1-23-16-14(4-2-8-19-16)18(22)10-12-6-7-13(11-18)20(12)17(21)15-5-3-9-24-15/h2-5,8-9,12-13,22H,6-7,10-11H2,1H3/t12-,13-/m1/s1. The molecule has 0 radical (unpaired) electrons. The Morgan fingerprint density at radius 3 is 2.71 bits per heavy atom. The number of carbonyl (C=O) groups is 1. The number of furan rings is 1. The first kappa shape index (κ1) is 15.2. The van der Waals surface area contributed by atoms with Crippen LogP contribution >= 0.6 is 0 Å². The molecule has 2 fully saturated rings. The summed E-state index contributed by atoms with van der Waals surface area (Å²) in [7, 11) is 1.55. The van der Waals surface area contributed by atoms with Gasteiger partial charge in [-0.1, -0.05) is 0 Å². The van der Waals surface area contributed by atoms with E-state index in [1.807, 2.05) is 11.0 Å². The van der Waals surface area contributed by atoms with E-state index in [0.717, 1.165) is 12.8 Å². The Kier molecular flexibility index (Phi) is 3.57. The number of amides is 1. The first-order valence-corrected chi connectivity index (χ1v) is 8.20. The molecule has 126 valence electrons. The van der Waals surface area contributed by atoms with Crippen molar-refractivity contribution in [1.82, 2.24) is 9.88 Å². The molecule has 0 aliphatic carbocycles. The Bertz CT molecular complexity index is 729. The minimum Gasteiger partial charge on any atom is -0.481 e. The van der Waals surface area contributed by atoms with Crippen molar-refractivity contribution in [3.05, 3.63) is 48.0 Å². The highest BCUT2D eigenvalue weighted by atomic mass is 16.5. The highest BCUT2D eigenvalue weighted by Crippen LogP contribution is 2.47. The third-order valence-electron chi connectivity index (χ3n) is 5.20. The molecule has 4 heterocycles. The van der Waals surface area contributed by atoms with Crippen LogP contribution in [-0.2, 0) is 5.60 Å². The summed E-state index contributed by atoms with van der Waals surface area (Å²) in [5, 5.41) is 11.3. The van der Waals surface area contributed by atoms with Gasteiger partial charge in [0.1, 0.15) is 0 Å². The van der Waals surface area contributed by atoms with Crippen LogP contribution in [0.15, 0.2) is 41.1 Å². The molecule has 2 aliphatic rings. The van der Waals surface area contributed by atoms with E-state index in [1.54, 1.807) is 31.5 Å². The number of fused-ring (bicyclic) bond motifs is 2. The summed E-state index contributed by atoms with van der Waals surface area (Å²) in [5.41, 5.74) is -0.319. The van der Waals surface area contributed by atoms with Crippen molar-refractivity contribution in [3.63, 3.8) is 0 Å². The van der Waals surface area contributed by atoms with Crippen molar-refractivity contribution in [2.45, 2.75) is 43.4 Å². The van der Waals surface area contributed by atoms with Gasteiger partial charge in [0, 0.05) is 36.7 Å². The van der Waals surface area contributed by atoms with E-state index in [0.29, 0.717) is 30.0 Å². The van der Waals surface area contributed by atoms with Gasteiger partial charge >= 0.3 is 0 Å². The van der Waals surface area contributed by atoms with Gasteiger partial charge in [0.05, 0.1) is 19.0 Å². The molecule has 4 rings (SSSR count). The van der Waals surface area contributed by atoms with Crippen LogP contribution < -0.4 is 4.74 Å². The first-order chi connectivity index (χ1) is 11.6. The van der Waals surface area contributed by atoms with Gasteiger partial charge in [-0.2, -0.15) is 0 Å². The second-order valence-electron chi connectivity index (χ2n) is 6.57. The van der Waals surface area contributed by atoms with Crippen LogP contribution in [0, 0.1) is 0 Å². The first-order valence-electron chi connectivity index (χ1n) is 8.20. The van der Waals surface area contributed by atoms with Crippen molar-refractivity contribution in [1.29, 1.82) is 0 Å². The Morgan fingerprint density at radius 1 is 1.33 bits per heavy atom. The number of methoxy groups -OCH3 is 1. The van der Waals surface area contributed by atoms with Crippen LogP contribution in [0.1, 0.15) is 41.8 Å². The van der Waals surface area contributed by atoms with E-state index in [1.165, 1.54) is 6.26 Å². The van der Waals surface area contributed by atoms with E-state index in [9.17, 15) is 9.90 Å². The average Bonchev–Trinajstić information content (AvgIpc) is 3.22. The van der Waals surface area contributed by atoms with Crippen LogP contribution in [0.3, 0.4) is 0 Å². The second-order valence-corrected chi connectivity index (χ2v) is 6.57. The number of aliphatic hydroxyl groups is 1. The van der Waals surface area contributed by atoms with E-state index in [4.69, 9.17) is 9.15 Å². The molecule has 6 nitrogen and oxygen atoms in total. The molecule has 0 unspecified atom stereocenters. The maximum atomic E-state index is 12.7. The molecule has 24 heavy (non-hydrogen) atoms. The maximum Gasteiger partial charge on any atom is 0.290 e. The highest BCUT2D eigenvalue weighted by Gasteiger charge is 2.51. The van der Waals surface area contributed by atoms with Crippen molar-refractivity contribution in [2.24, 2.45) is 0 Å². The van der Waals surface area contributed by atoms with Crippen LogP contribution in [-0.4, -0.2) is 40.1 Å². The number of carbonyl (C=O) groups excluding carboxylic acids is 1. The Morgan fingerprint density at radius 2 is 2.08 bits per heavy atom. The van der Waals surface area contributed by atoms with Gasteiger partial charge in [0.2, 0.25) is 5.88 Å². The van der Waals surface area contributed by atoms with Crippen molar-refractivity contribution < 1.29 is 19.1 Å². The van der Waals surface area contributed by atoms with Crippen LogP contribution in [0.2, 0.25) is 0 Å². The largest absolute Gasteiger partial charge is 0.481 e. The number of pyridine rings is 1. The number of aromatic nitrogens is 1. The number of hydrogen-bond donors (Lipinski definition) is 1. The summed E-state index contributed by atoms with van der Waals surface area (Å²) >= 11 is 0. The molecule has 0 aromatic carbocycles. The fourth-order valence-electron chi connectivity index (χ4n) is 4.21. The monoisotopic (exact) mass is 328 g/mol. The molecule has 2 atom stereocenters. The number of ether oxygens (including phenoxy) is 1. The zero-order valence-electron chi connectivity index (χ0n) is 13.5.